The maximum absolute atomic E-state index is 13.5. The van der Waals surface area contributed by atoms with Crippen molar-refractivity contribution >= 4 is 19.7 Å². The third-order valence-corrected chi connectivity index (χ3v) is 13.5. The first-order valence-corrected chi connectivity index (χ1v) is 29.9. The molecule has 398 valence electrons. The Hall–Kier alpha value is -2.03. The number of nitrogens with one attached hydrogen (secondary N) is 1. The number of rotatable bonds is 51. The molecule has 3 unspecified atom stereocenters. The molecule has 0 aromatic carbocycles. The van der Waals surface area contributed by atoms with Crippen LogP contribution in [0.5, 0.6) is 0 Å². The summed E-state index contributed by atoms with van der Waals surface area (Å²) in [5.74, 6) is -0.557. The molecule has 0 spiro atoms. The summed E-state index contributed by atoms with van der Waals surface area (Å²) in [7, 11) is 1.17. The van der Waals surface area contributed by atoms with Gasteiger partial charge in [-0.2, -0.15) is 0 Å². The lowest BCUT2D eigenvalue weighted by atomic mass is 10.0. The molecule has 1 N–H and O–H groups in total. The van der Waals surface area contributed by atoms with Crippen LogP contribution in [-0.2, 0) is 27.9 Å². The van der Waals surface area contributed by atoms with Gasteiger partial charge in [-0.15, -0.1) is 0 Å². The molecule has 0 saturated heterocycles. The topological polar surface area (TPSA) is 114 Å². The Kier molecular flexibility index (Phi) is 47.1. The van der Waals surface area contributed by atoms with E-state index >= 15 is 0 Å². The van der Waals surface area contributed by atoms with E-state index < -0.39 is 26.6 Å². The lowest BCUT2D eigenvalue weighted by Gasteiger charge is -2.30. The molecule has 0 heterocycles. The van der Waals surface area contributed by atoms with Crippen molar-refractivity contribution in [3.63, 3.8) is 0 Å². The highest BCUT2D eigenvalue weighted by molar-refractivity contribution is 7.45. The van der Waals surface area contributed by atoms with Crippen molar-refractivity contribution in [1.29, 1.82) is 0 Å². The van der Waals surface area contributed by atoms with Crippen molar-refractivity contribution in [3.05, 3.63) is 48.6 Å². The molecule has 0 aromatic rings. The second-order valence-electron chi connectivity index (χ2n) is 20.5. The number of esters is 1. The van der Waals surface area contributed by atoms with Crippen LogP contribution in [0.25, 0.3) is 0 Å². The van der Waals surface area contributed by atoms with E-state index in [1.54, 1.807) is 0 Å². The number of carbonyl (C=O) groups is 2. The van der Waals surface area contributed by atoms with Crippen LogP contribution in [0.2, 0.25) is 0 Å². The molecule has 0 saturated carbocycles. The Balaban J connectivity index is 5.38. The molecule has 68 heavy (non-hydrogen) atoms. The van der Waals surface area contributed by atoms with Crippen molar-refractivity contribution in [1.82, 2.24) is 5.32 Å². The number of unbranched alkanes of at least 4 members (excludes halogenated alkanes) is 30. The number of quaternary nitrogens is 1. The molecule has 0 aliphatic heterocycles. The maximum Gasteiger partial charge on any atom is 0.306 e. The van der Waals surface area contributed by atoms with Crippen LogP contribution in [0.4, 0.5) is 0 Å². The molecule has 3 atom stereocenters. The summed E-state index contributed by atoms with van der Waals surface area (Å²) in [6, 6.07) is -0.894. The van der Waals surface area contributed by atoms with E-state index in [1.807, 2.05) is 33.3 Å². The van der Waals surface area contributed by atoms with E-state index in [4.69, 9.17) is 13.8 Å². The number of hydrogen-bond acceptors (Lipinski definition) is 7. The number of phosphoric ester groups is 1. The minimum atomic E-state index is -4.69. The standard InChI is InChI=1S/C58H109N2O7P/c1-7-10-13-16-19-22-25-28-30-32-35-38-41-44-47-50-57(61)59-55(54-66-68(63,64)65-53-52-60(4,5)6)56(49-46-43-40-37-34-27-24-21-18-15-12-9-3)67-58(62)51-48-45-42-39-36-33-31-29-26-23-20-17-14-11-8-2/h19,22-23,25-26,28,46,49,55-56H,7-18,20-21,24,27,29-45,47-48,50-54H2,1-6H3,(H-,59,61,63,64)/b22-19+,26-23-,28-25+,49-46+. The smallest absolute Gasteiger partial charge is 0.306 e. The normalized spacial score (nSPS) is 14.2. The Bertz CT molecular complexity index is 1310. The molecule has 0 bridgehead atoms. The number of ether oxygens (including phenoxy) is 1. The second kappa shape index (κ2) is 48.6. The van der Waals surface area contributed by atoms with E-state index in [0.29, 0.717) is 17.4 Å². The third-order valence-electron chi connectivity index (χ3n) is 12.5. The summed E-state index contributed by atoms with van der Waals surface area (Å²) in [4.78, 5) is 39.8. The summed E-state index contributed by atoms with van der Waals surface area (Å²) < 4.78 is 30.2. The molecular weight excluding hydrogens is 868 g/mol. The zero-order valence-corrected chi connectivity index (χ0v) is 46.2. The maximum atomic E-state index is 13.5. The fourth-order valence-corrected chi connectivity index (χ4v) is 8.76. The van der Waals surface area contributed by atoms with Gasteiger partial charge in [0.25, 0.3) is 7.82 Å². The van der Waals surface area contributed by atoms with E-state index in [2.05, 4.69) is 62.5 Å². The van der Waals surface area contributed by atoms with Crippen molar-refractivity contribution in [3.8, 4) is 0 Å². The number of allylic oxidation sites excluding steroid dienone is 7. The monoisotopic (exact) mass is 977 g/mol. The molecule has 0 aromatic heterocycles. The molecule has 0 aliphatic carbocycles. The first-order chi connectivity index (χ1) is 32.9. The van der Waals surface area contributed by atoms with E-state index in [1.165, 1.54) is 122 Å². The van der Waals surface area contributed by atoms with Gasteiger partial charge in [-0.1, -0.05) is 211 Å². The molecule has 9 nitrogen and oxygen atoms in total. The van der Waals surface area contributed by atoms with Crippen LogP contribution in [-0.4, -0.2) is 69.4 Å². The summed E-state index contributed by atoms with van der Waals surface area (Å²) >= 11 is 0. The molecule has 10 heteroatoms. The summed E-state index contributed by atoms with van der Waals surface area (Å²) in [6.45, 7) is 6.79. The number of hydrogen-bond donors (Lipinski definition) is 1. The van der Waals surface area contributed by atoms with Gasteiger partial charge in [-0.25, -0.2) is 0 Å². The van der Waals surface area contributed by atoms with Gasteiger partial charge in [0.05, 0.1) is 33.8 Å². The highest BCUT2D eigenvalue weighted by Gasteiger charge is 2.27. The van der Waals surface area contributed by atoms with Gasteiger partial charge in [0.1, 0.15) is 19.3 Å². The number of likely N-dealkylation sites (N-methyl/N-ethyl adjacent to an activating group) is 1. The zero-order chi connectivity index (χ0) is 50.1. The SMILES string of the molecule is CCCCC/C=C/C=C/CCCCCCCCC(=O)NC(COP(=O)([O-])OCC[N+](C)(C)C)C(/C=C/CCCCCCCCCCCC)OC(=O)CCCCCCCCC/C=C\CCCCCC. The highest BCUT2D eigenvalue weighted by Crippen LogP contribution is 2.38. The van der Waals surface area contributed by atoms with E-state index in [9.17, 15) is 19.0 Å². The van der Waals surface area contributed by atoms with Gasteiger partial charge in [0.15, 0.2) is 0 Å². The molecule has 0 fully saturated rings. The highest BCUT2D eigenvalue weighted by atomic mass is 31.2. The average molecular weight is 977 g/mol. The molecular formula is C58H109N2O7P. The van der Waals surface area contributed by atoms with E-state index in [-0.39, 0.29) is 24.9 Å². The van der Waals surface area contributed by atoms with Crippen LogP contribution in [0, 0.1) is 0 Å². The lowest BCUT2D eigenvalue weighted by molar-refractivity contribution is -0.870. The quantitative estimate of drug-likeness (QED) is 0.0161. The van der Waals surface area contributed by atoms with Crippen LogP contribution < -0.4 is 10.2 Å². The molecule has 0 radical (unpaired) electrons. The summed E-state index contributed by atoms with van der Waals surface area (Å²) in [5.41, 5.74) is 0. The number of phosphoric acid groups is 1. The van der Waals surface area contributed by atoms with E-state index in [0.717, 1.165) is 103 Å². The van der Waals surface area contributed by atoms with Gasteiger partial charge < -0.3 is 28.5 Å². The Morgan fingerprint density at radius 3 is 1.38 bits per heavy atom. The zero-order valence-electron chi connectivity index (χ0n) is 45.3. The average Bonchev–Trinajstić information content (AvgIpc) is 3.29. The third kappa shape index (κ3) is 49.0. The molecule has 0 rings (SSSR count). The van der Waals surface area contributed by atoms with Crippen molar-refractivity contribution < 1.29 is 37.3 Å². The second-order valence-corrected chi connectivity index (χ2v) is 21.9. The first kappa shape index (κ1) is 66.0. The Morgan fingerprint density at radius 2 is 0.897 bits per heavy atom. The first-order valence-electron chi connectivity index (χ1n) is 28.5. The Morgan fingerprint density at radius 1 is 0.515 bits per heavy atom. The van der Waals surface area contributed by atoms with Crippen molar-refractivity contribution in [2.75, 3.05) is 40.9 Å². The van der Waals surface area contributed by atoms with Gasteiger partial charge in [-0.05, 0) is 83.1 Å². The minimum absolute atomic E-state index is 0.0255. The van der Waals surface area contributed by atoms with Crippen LogP contribution in [0.3, 0.4) is 0 Å². The fourth-order valence-electron chi connectivity index (χ4n) is 8.04. The lowest BCUT2D eigenvalue weighted by Crippen LogP contribution is -2.47. The predicted octanol–water partition coefficient (Wildman–Crippen LogP) is 16.3. The fraction of sp³-hybridized carbons (Fsp3) is 0.828. The number of nitrogens with zero attached hydrogens (tertiary/aromatic N) is 1. The molecule has 0 aliphatic rings. The van der Waals surface area contributed by atoms with Gasteiger partial charge in [-0.3, -0.25) is 14.2 Å². The van der Waals surface area contributed by atoms with Crippen molar-refractivity contribution in [2.24, 2.45) is 0 Å². The van der Waals surface area contributed by atoms with Gasteiger partial charge in [0.2, 0.25) is 5.91 Å². The minimum Gasteiger partial charge on any atom is -0.756 e. The van der Waals surface area contributed by atoms with Crippen LogP contribution >= 0.6 is 7.82 Å². The summed E-state index contributed by atoms with van der Waals surface area (Å²) in [5, 5.41) is 3.01. The van der Waals surface area contributed by atoms with Crippen molar-refractivity contribution in [2.45, 2.75) is 270 Å². The summed E-state index contributed by atoms with van der Waals surface area (Å²) in [6.07, 6.45) is 57.8. The van der Waals surface area contributed by atoms with Gasteiger partial charge in [0, 0.05) is 12.8 Å². The largest absolute Gasteiger partial charge is 0.756 e. The predicted molar refractivity (Wildman–Crippen MR) is 289 cm³/mol. The van der Waals surface area contributed by atoms with Crippen LogP contribution in [0.1, 0.15) is 258 Å². The van der Waals surface area contributed by atoms with Gasteiger partial charge >= 0.3 is 5.97 Å². The number of amides is 1. The molecule has 1 amide bonds. The van der Waals surface area contributed by atoms with Crippen LogP contribution in [0.15, 0.2) is 48.6 Å². The Labute approximate surface area is 420 Å². The number of carbonyl (C=O) groups excluding carboxylic acids is 2.